The van der Waals surface area contributed by atoms with Crippen molar-refractivity contribution in [1.82, 2.24) is 15.1 Å². The molecule has 1 heterocycles. The zero-order valence-electron chi connectivity index (χ0n) is 10.1. The van der Waals surface area contributed by atoms with Crippen LogP contribution in [0.4, 0.5) is 0 Å². The number of aromatic nitrogens is 2. The molecule has 0 saturated heterocycles. The molecule has 1 N–H and O–H groups in total. The van der Waals surface area contributed by atoms with Crippen molar-refractivity contribution in [2.75, 3.05) is 0 Å². The van der Waals surface area contributed by atoms with Gasteiger partial charge in [0.05, 0.1) is 5.69 Å². The van der Waals surface area contributed by atoms with Crippen LogP contribution in [-0.4, -0.2) is 15.8 Å². The number of nitrogens with zero attached hydrogens (tertiary/aromatic N) is 2. The molecular formula is C12H21N3. The molecule has 1 fully saturated rings. The number of aryl methyl sites for hydroxylation is 2. The van der Waals surface area contributed by atoms with Crippen LogP contribution < -0.4 is 5.32 Å². The van der Waals surface area contributed by atoms with Crippen molar-refractivity contribution in [3.8, 4) is 0 Å². The van der Waals surface area contributed by atoms with E-state index in [2.05, 4.69) is 37.4 Å². The summed E-state index contributed by atoms with van der Waals surface area (Å²) in [5.74, 6) is 0.907. The molecule has 1 saturated carbocycles. The molecule has 0 aliphatic heterocycles. The minimum absolute atomic E-state index is 0.431. The highest BCUT2D eigenvalue weighted by molar-refractivity contribution is 5.20. The lowest BCUT2D eigenvalue weighted by atomic mass is 10.1. The molecular weight excluding hydrogens is 186 g/mol. The first-order chi connectivity index (χ1) is 7.11. The summed E-state index contributed by atoms with van der Waals surface area (Å²) in [5, 5.41) is 8.05. The lowest BCUT2D eigenvalue weighted by Gasteiger charge is -2.12. The van der Waals surface area contributed by atoms with Gasteiger partial charge in [-0.05, 0) is 26.2 Å². The Hall–Kier alpha value is -0.830. The van der Waals surface area contributed by atoms with Crippen molar-refractivity contribution in [2.45, 2.75) is 45.7 Å². The quantitative estimate of drug-likeness (QED) is 0.820. The summed E-state index contributed by atoms with van der Waals surface area (Å²) in [6.07, 6.45) is 4.77. The second-order valence-corrected chi connectivity index (χ2v) is 4.74. The summed E-state index contributed by atoms with van der Waals surface area (Å²) in [7, 11) is 1.98. The molecule has 3 heteroatoms. The summed E-state index contributed by atoms with van der Waals surface area (Å²) >= 11 is 0. The van der Waals surface area contributed by atoms with E-state index in [1.54, 1.807) is 0 Å². The third-order valence-corrected chi connectivity index (χ3v) is 3.43. The zero-order valence-corrected chi connectivity index (χ0v) is 10.1. The van der Waals surface area contributed by atoms with Crippen molar-refractivity contribution in [1.29, 1.82) is 0 Å². The third-order valence-electron chi connectivity index (χ3n) is 3.43. The molecule has 3 unspecified atom stereocenters. The SMILES string of the molecule is CCC1CC1NC(C)c1cn(C)nc1C. The van der Waals surface area contributed by atoms with Gasteiger partial charge in [-0.2, -0.15) is 5.10 Å². The van der Waals surface area contributed by atoms with Crippen LogP contribution in [-0.2, 0) is 7.05 Å². The van der Waals surface area contributed by atoms with Crippen LogP contribution >= 0.6 is 0 Å². The summed E-state index contributed by atoms with van der Waals surface area (Å²) in [6, 6.07) is 1.17. The summed E-state index contributed by atoms with van der Waals surface area (Å²) in [6.45, 7) is 6.58. The second-order valence-electron chi connectivity index (χ2n) is 4.74. The standard InChI is InChI=1S/C12H21N3/c1-5-10-6-12(10)13-8(2)11-7-15(4)14-9(11)3/h7-8,10,12-13H,5-6H2,1-4H3. The highest BCUT2D eigenvalue weighted by Crippen LogP contribution is 2.35. The largest absolute Gasteiger partial charge is 0.307 e. The Kier molecular flexibility index (Phi) is 2.83. The number of nitrogens with one attached hydrogen (secondary N) is 1. The predicted octanol–water partition coefficient (Wildman–Crippen LogP) is 2.18. The Labute approximate surface area is 91.9 Å². The van der Waals surface area contributed by atoms with Crippen LogP contribution in [0.25, 0.3) is 0 Å². The fourth-order valence-electron chi connectivity index (χ4n) is 2.36. The molecule has 3 atom stereocenters. The van der Waals surface area contributed by atoms with Gasteiger partial charge in [-0.25, -0.2) is 0 Å². The third kappa shape index (κ3) is 2.23. The van der Waals surface area contributed by atoms with E-state index in [1.807, 2.05) is 11.7 Å². The van der Waals surface area contributed by atoms with Gasteiger partial charge in [0.2, 0.25) is 0 Å². The maximum absolute atomic E-state index is 4.38. The lowest BCUT2D eigenvalue weighted by molar-refractivity contribution is 0.537. The van der Waals surface area contributed by atoms with E-state index in [0.29, 0.717) is 6.04 Å². The summed E-state index contributed by atoms with van der Waals surface area (Å²) in [5.41, 5.74) is 2.48. The zero-order chi connectivity index (χ0) is 11.0. The smallest absolute Gasteiger partial charge is 0.0641 e. The first kappa shape index (κ1) is 10.7. The Balaban J connectivity index is 1.96. The summed E-state index contributed by atoms with van der Waals surface area (Å²) < 4.78 is 1.90. The molecule has 2 rings (SSSR count). The average Bonchev–Trinajstić information content (AvgIpc) is 2.83. The minimum atomic E-state index is 0.431. The topological polar surface area (TPSA) is 29.9 Å². The van der Waals surface area contributed by atoms with Crippen molar-refractivity contribution >= 4 is 0 Å². The molecule has 15 heavy (non-hydrogen) atoms. The van der Waals surface area contributed by atoms with Gasteiger partial charge >= 0.3 is 0 Å². The Morgan fingerprint density at radius 3 is 2.87 bits per heavy atom. The van der Waals surface area contributed by atoms with Crippen molar-refractivity contribution in [2.24, 2.45) is 13.0 Å². The first-order valence-corrected chi connectivity index (χ1v) is 5.88. The molecule has 1 aromatic rings. The van der Waals surface area contributed by atoms with Gasteiger partial charge in [0.25, 0.3) is 0 Å². The average molecular weight is 207 g/mol. The predicted molar refractivity (Wildman–Crippen MR) is 61.7 cm³/mol. The van der Waals surface area contributed by atoms with Gasteiger partial charge in [-0.1, -0.05) is 13.3 Å². The second kappa shape index (κ2) is 3.97. The van der Waals surface area contributed by atoms with Crippen molar-refractivity contribution in [3.05, 3.63) is 17.5 Å². The number of rotatable bonds is 4. The van der Waals surface area contributed by atoms with Crippen molar-refractivity contribution in [3.63, 3.8) is 0 Å². The highest BCUT2D eigenvalue weighted by atomic mass is 15.3. The van der Waals surface area contributed by atoms with E-state index in [4.69, 9.17) is 0 Å². The Morgan fingerprint density at radius 1 is 1.67 bits per heavy atom. The maximum Gasteiger partial charge on any atom is 0.0641 e. The molecule has 0 radical (unpaired) electrons. The molecule has 0 amide bonds. The van der Waals surface area contributed by atoms with Crippen LogP contribution in [0.3, 0.4) is 0 Å². The number of hydrogen-bond donors (Lipinski definition) is 1. The van der Waals surface area contributed by atoms with Gasteiger partial charge in [0.1, 0.15) is 0 Å². The van der Waals surface area contributed by atoms with Crippen LogP contribution in [0, 0.1) is 12.8 Å². The van der Waals surface area contributed by atoms with E-state index >= 15 is 0 Å². The number of hydrogen-bond acceptors (Lipinski definition) is 2. The lowest BCUT2D eigenvalue weighted by Crippen LogP contribution is -2.22. The van der Waals surface area contributed by atoms with Crippen LogP contribution in [0.2, 0.25) is 0 Å². The highest BCUT2D eigenvalue weighted by Gasteiger charge is 2.36. The molecule has 1 aliphatic rings. The molecule has 1 aliphatic carbocycles. The summed E-state index contributed by atoms with van der Waals surface area (Å²) in [4.78, 5) is 0. The molecule has 0 aromatic carbocycles. The molecule has 84 valence electrons. The van der Waals surface area contributed by atoms with Crippen LogP contribution in [0.15, 0.2) is 6.20 Å². The fourth-order valence-corrected chi connectivity index (χ4v) is 2.36. The monoisotopic (exact) mass is 207 g/mol. The van der Waals surface area contributed by atoms with Gasteiger partial charge in [0, 0.05) is 30.9 Å². The van der Waals surface area contributed by atoms with E-state index < -0.39 is 0 Å². The van der Waals surface area contributed by atoms with Gasteiger partial charge in [-0.15, -0.1) is 0 Å². The Morgan fingerprint density at radius 2 is 2.40 bits per heavy atom. The van der Waals surface area contributed by atoms with Gasteiger partial charge in [-0.3, -0.25) is 4.68 Å². The van der Waals surface area contributed by atoms with E-state index in [0.717, 1.165) is 17.7 Å². The van der Waals surface area contributed by atoms with E-state index in [-0.39, 0.29) is 0 Å². The Bertz CT molecular complexity index is 343. The van der Waals surface area contributed by atoms with Gasteiger partial charge < -0.3 is 5.32 Å². The molecule has 0 bridgehead atoms. The molecule has 0 spiro atoms. The van der Waals surface area contributed by atoms with Crippen LogP contribution in [0.5, 0.6) is 0 Å². The van der Waals surface area contributed by atoms with E-state index in [1.165, 1.54) is 18.4 Å². The molecule has 3 nitrogen and oxygen atoms in total. The normalized spacial score (nSPS) is 26.7. The maximum atomic E-state index is 4.38. The minimum Gasteiger partial charge on any atom is -0.307 e. The fraction of sp³-hybridized carbons (Fsp3) is 0.750. The van der Waals surface area contributed by atoms with Crippen LogP contribution in [0.1, 0.15) is 44.0 Å². The van der Waals surface area contributed by atoms with Crippen molar-refractivity contribution < 1.29 is 0 Å². The van der Waals surface area contributed by atoms with Gasteiger partial charge in [0.15, 0.2) is 0 Å². The first-order valence-electron chi connectivity index (χ1n) is 5.88. The van der Waals surface area contributed by atoms with E-state index in [9.17, 15) is 0 Å². The molecule has 1 aromatic heterocycles.